The number of benzene rings is 1. The lowest BCUT2D eigenvalue weighted by Gasteiger charge is -2.30. The quantitative estimate of drug-likeness (QED) is 0.757. The van der Waals surface area contributed by atoms with E-state index in [-0.39, 0.29) is 11.8 Å². The fourth-order valence-electron chi connectivity index (χ4n) is 3.43. The number of piperidine rings is 1. The molecule has 0 unspecified atom stereocenters. The van der Waals surface area contributed by atoms with Crippen molar-refractivity contribution in [3.05, 3.63) is 23.8 Å². The summed E-state index contributed by atoms with van der Waals surface area (Å²) in [4.78, 5) is 36.3. The van der Waals surface area contributed by atoms with Crippen molar-refractivity contribution in [3.8, 4) is 5.75 Å². The van der Waals surface area contributed by atoms with Gasteiger partial charge in [0.15, 0.2) is 0 Å². The summed E-state index contributed by atoms with van der Waals surface area (Å²) in [5.41, 5.74) is 1.90. The second kappa shape index (κ2) is 8.21. The molecule has 1 atom stereocenters. The van der Waals surface area contributed by atoms with Crippen LogP contribution in [0.25, 0.3) is 0 Å². The molecule has 1 aromatic carbocycles. The first-order valence-electron chi connectivity index (χ1n) is 9.09. The van der Waals surface area contributed by atoms with Gasteiger partial charge in [-0.15, -0.1) is 0 Å². The molecule has 0 spiro atoms. The summed E-state index contributed by atoms with van der Waals surface area (Å²) >= 11 is 0. The van der Waals surface area contributed by atoms with Crippen molar-refractivity contribution in [1.82, 2.24) is 4.90 Å². The smallest absolute Gasteiger partial charge is 0.308 e. The number of hydrogen-bond acceptors (Lipinski definition) is 4. The molecule has 2 aliphatic rings. The largest absolute Gasteiger partial charge is 0.494 e. The minimum atomic E-state index is -0.825. The highest BCUT2D eigenvalue weighted by atomic mass is 16.5. The summed E-state index contributed by atoms with van der Waals surface area (Å²) in [6.07, 6.45) is 3.51. The molecule has 1 fully saturated rings. The van der Waals surface area contributed by atoms with E-state index in [1.807, 2.05) is 18.2 Å². The highest BCUT2D eigenvalue weighted by Crippen LogP contribution is 2.27. The maximum atomic E-state index is 12.2. The number of hydrogen-bond donors (Lipinski definition) is 2. The number of fused-ring (bicyclic) bond motifs is 1. The maximum Gasteiger partial charge on any atom is 0.308 e. The number of carbonyl (C=O) groups is 3. The van der Waals surface area contributed by atoms with Crippen molar-refractivity contribution in [3.63, 3.8) is 0 Å². The first kappa shape index (κ1) is 18.2. The molecule has 2 heterocycles. The van der Waals surface area contributed by atoms with Crippen molar-refractivity contribution in [1.29, 1.82) is 0 Å². The number of aryl methyl sites for hydroxylation is 1. The number of carboxylic acid groups (broad SMARTS) is 1. The van der Waals surface area contributed by atoms with E-state index in [0.717, 1.165) is 23.4 Å². The average molecular weight is 360 g/mol. The number of nitrogens with zero attached hydrogens (tertiary/aromatic N) is 1. The molecule has 0 aliphatic carbocycles. The average Bonchev–Trinajstić information content (AvgIpc) is 2.65. The van der Waals surface area contributed by atoms with E-state index >= 15 is 0 Å². The number of likely N-dealkylation sites (tertiary alicyclic amines) is 1. The molecule has 0 saturated carbocycles. The number of amides is 2. The third-order valence-electron chi connectivity index (χ3n) is 4.90. The van der Waals surface area contributed by atoms with Crippen molar-refractivity contribution in [2.45, 2.75) is 38.5 Å². The lowest BCUT2D eigenvalue weighted by molar-refractivity contribution is -0.145. The van der Waals surface area contributed by atoms with E-state index in [1.54, 1.807) is 4.90 Å². The summed E-state index contributed by atoms with van der Waals surface area (Å²) in [5, 5.41) is 11.9. The van der Waals surface area contributed by atoms with Gasteiger partial charge in [-0.05, 0) is 49.4 Å². The highest BCUT2D eigenvalue weighted by Gasteiger charge is 2.27. The van der Waals surface area contributed by atoms with E-state index in [1.165, 1.54) is 0 Å². The van der Waals surface area contributed by atoms with E-state index in [4.69, 9.17) is 9.84 Å². The number of aliphatic carboxylic acids is 1. The van der Waals surface area contributed by atoms with Gasteiger partial charge in [-0.25, -0.2) is 0 Å². The molecule has 3 rings (SSSR count). The zero-order valence-corrected chi connectivity index (χ0v) is 14.7. The second-order valence-electron chi connectivity index (χ2n) is 6.84. The molecule has 0 radical (unpaired) electrons. The molecule has 7 heteroatoms. The molecule has 1 saturated heterocycles. The van der Waals surface area contributed by atoms with Crippen molar-refractivity contribution < 1.29 is 24.2 Å². The second-order valence-corrected chi connectivity index (χ2v) is 6.84. The Bertz CT molecular complexity index is 703. The number of anilines is 1. The van der Waals surface area contributed by atoms with Gasteiger partial charge in [0, 0.05) is 31.6 Å². The summed E-state index contributed by atoms with van der Waals surface area (Å²) in [5.74, 6) is -0.508. The van der Waals surface area contributed by atoms with Crippen LogP contribution in [0.2, 0.25) is 0 Å². The SMILES string of the molecule is O=C1CCc2cc(OCCCC(=O)N3CCC[C@H](C(=O)O)C3)ccc2N1. The first-order chi connectivity index (χ1) is 12.5. The van der Waals surface area contributed by atoms with Gasteiger partial charge in [0.05, 0.1) is 12.5 Å². The first-order valence-corrected chi connectivity index (χ1v) is 9.09. The zero-order chi connectivity index (χ0) is 18.5. The summed E-state index contributed by atoms with van der Waals surface area (Å²) < 4.78 is 5.72. The molecule has 0 bridgehead atoms. The molecule has 2 amide bonds. The minimum absolute atomic E-state index is 0.00676. The van der Waals surface area contributed by atoms with Crippen LogP contribution in [0.3, 0.4) is 0 Å². The van der Waals surface area contributed by atoms with Gasteiger partial charge in [0.2, 0.25) is 11.8 Å². The van der Waals surface area contributed by atoms with Gasteiger partial charge in [-0.2, -0.15) is 0 Å². The number of rotatable bonds is 6. The predicted octanol–water partition coefficient (Wildman–Crippen LogP) is 2.05. The minimum Gasteiger partial charge on any atom is -0.494 e. The molecule has 140 valence electrons. The van der Waals surface area contributed by atoms with Crippen LogP contribution in [0.4, 0.5) is 5.69 Å². The number of ether oxygens (including phenoxy) is 1. The standard InChI is InChI=1S/C19H24N2O5/c22-17-8-5-13-11-15(6-7-16(13)20-17)26-10-2-4-18(23)21-9-1-3-14(12-21)19(24)25/h6-7,11,14H,1-5,8-10,12H2,(H,20,22)(H,24,25)/t14-/m0/s1. The molecular weight excluding hydrogens is 336 g/mol. The van der Waals surface area contributed by atoms with Gasteiger partial charge in [-0.1, -0.05) is 0 Å². The number of carboxylic acids is 1. The van der Waals surface area contributed by atoms with Crippen molar-refractivity contribution in [2.75, 3.05) is 25.0 Å². The Balaban J connectivity index is 1.42. The number of nitrogens with one attached hydrogen (secondary N) is 1. The molecule has 2 aliphatic heterocycles. The van der Waals surface area contributed by atoms with E-state index < -0.39 is 11.9 Å². The summed E-state index contributed by atoms with van der Waals surface area (Å²) in [7, 11) is 0. The van der Waals surface area contributed by atoms with Crippen LogP contribution in [0, 0.1) is 5.92 Å². The molecular formula is C19H24N2O5. The normalized spacial score (nSPS) is 19.5. The fraction of sp³-hybridized carbons (Fsp3) is 0.526. The van der Waals surface area contributed by atoms with Crippen molar-refractivity contribution >= 4 is 23.5 Å². The van der Waals surface area contributed by atoms with Crippen LogP contribution < -0.4 is 10.1 Å². The lowest BCUT2D eigenvalue weighted by atomic mass is 9.98. The molecule has 0 aromatic heterocycles. The highest BCUT2D eigenvalue weighted by molar-refractivity contribution is 5.94. The Morgan fingerprint density at radius 1 is 1.31 bits per heavy atom. The van der Waals surface area contributed by atoms with Crippen LogP contribution in [0.5, 0.6) is 5.75 Å². The lowest BCUT2D eigenvalue weighted by Crippen LogP contribution is -2.42. The van der Waals surface area contributed by atoms with Crippen LogP contribution in [-0.2, 0) is 20.8 Å². The monoisotopic (exact) mass is 360 g/mol. The van der Waals surface area contributed by atoms with Crippen LogP contribution in [0.1, 0.15) is 37.7 Å². The topological polar surface area (TPSA) is 95.9 Å². The molecule has 2 N–H and O–H groups in total. The van der Waals surface area contributed by atoms with E-state index in [0.29, 0.717) is 51.8 Å². The summed E-state index contributed by atoms with van der Waals surface area (Å²) in [6.45, 7) is 1.37. The third kappa shape index (κ3) is 4.53. The van der Waals surface area contributed by atoms with Gasteiger partial charge in [-0.3, -0.25) is 14.4 Å². The van der Waals surface area contributed by atoms with Crippen LogP contribution in [-0.4, -0.2) is 47.5 Å². The van der Waals surface area contributed by atoms with Gasteiger partial charge in [0.1, 0.15) is 5.75 Å². The Morgan fingerprint density at radius 2 is 2.15 bits per heavy atom. The fourth-order valence-corrected chi connectivity index (χ4v) is 3.43. The Hall–Kier alpha value is -2.57. The van der Waals surface area contributed by atoms with Gasteiger partial charge in [0.25, 0.3) is 0 Å². The molecule has 1 aromatic rings. The molecule has 7 nitrogen and oxygen atoms in total. The van der Waals surface area contributed by atoms with E-state index in [2.05, 4.69) is 5.32 Å². The van der Waals surface area contributed by atoms with Crippen LogP contribution >= 0.6 is 0 Å². The summed E-state index contributed by atoms with van der Waals surface area (Å²) in [6, 6.07) is 5.58. The predicted molar refractivity (Wildman–Crippen MR) is 95.1 cm³/mol. The van der Waals surface area contributed by atoms with Gasteiger partial charge < -0.3 is 20.1 Å². The van der Waals surface area contributed by atoms with E-state index in [9.17, 15) is 14.4 Å². The van der Waals surface area contributed by atoms with Crippen LogP contribution in [0.15, 0.2) is 18.2 Å². The third-order valence-corrected chi connectivity index (χ3v) is 4.90. The van der Waals surface area contributed by atoms with Crippen molar-refractivity contribution in [2.24, 2.45) is 5.92 Å². The maximum absolute atomic E-state index is 12.2. The Labute approximate surface area is 152 Å². The zero-order valence-electron chi connectivity index (χ0n) is 14.7. The van der Waals surface area contributed by atoms with Gasteiger partial charge >= 0.3 is 5.97 Å². The Kier molecular flexibility index (Phi) is 5.75. The number of carbonyl (C=O) groups excluding carboxylic acids is 2. The molecule has 26 heavy (non-hydrogen) atoms. The Morgan fingerprint density at radius 3 is 2.96 bits per heavy atom.